The van der Waals surface area contributed by atoms with E-state index in [1.165, 1.54) is 0 Å². The number of nitrogens with zero attached hydrogens (tertiary/aromatic N) is 3. The number of anilines is 2. The summed E-state index contributed by atoms with van der Waals surface area (Å²) in [6.07, 6.45) is -3.83. The van der Waals surface area contributed by atoms with E-state index in [1.54, 1.807) is 4.72 Å². The summed E-state index contributed by atoms with van der Waals surface area (Å²) in [6, 6.07) is 7.24. The van der Waals surface area contributed by atoms with Crippen molar-refractivity contribution in [1.29, 1.82) is 0 Å². The van der Waals surface area contributed by atoms with Crippen molar-refractivity contribution in [3.8, 4) is 0 Å². The molecule has 4 N–H and O–H groups in total. The molecule has 0 spiro atoms. The Hall–Kier alpha value is -2.22. The maximum Gasteiger partial charge on any atom is 0.402 e. The number of aromatic nitrogens is 2. The SMILES string of the molecule is O=S(=O)(NCC(F)(F)F)N1CCC(Nc2nc(NCCO)c3ccccc3n2)CC1. The molecule has 0 amide bonds. The highest BCUT2D eigenvalue weighted by atomic mass is 32.2. The third-order valence-electron chi connectivity index (χ3n) is 4.59. The summed E-state index contributed by atoms with van der Waals surface area (Å²) in [5.41, 5.74) is 0.701. The molecule has 0 atom stereocenters. The first-order valence-corrected chi connectivity index (χ1v) is 10.8. The Morgan fingerprint density at radius 1 is 1.17 bits per heavy atom. The fourth-order valence-corrected chi connectivity index (χ4v) is 4.36. The number of halogens is 3. The van der Waals surface area contributed by atoms with E-state index in [0.717, 1.165) is 9.69 Å². The summed E-state index contributed by atoms with van der Waals surface area (Å²) in [7, 11) is -4.19. The highest BCUT2D eigenvalue weighted by Crippen LogP contribution is 2.23. The molecule has 0 saturated carbocycles. The third kappa shape index (κ3) is 5.90. The fraction of sp³-hybridized carbons (Fsp3) is 0.529. The van der Waals surface area contributed by atoms with Crippen LogP contribution >= 0.6 is 0 Å². The number of para-hydroxylation sites is 1. The van der Waals surface area contributed by atoms with Gasteiger partial charge in [0.2, 0.25) is 5.95 Å². The zero-order valence-corrected chi connectivity index (χ0v) is 16.8. The highest BCUT2D eigenvalue weighted by Gasteiger charge is 2.33. The van der Waals surface area contributed by atoms with E-state index in [1.807, 2.05) is 24.3 Å². The Kier molecular flexibility index (Phi) is 6.95. The number of alkyl halides is 3. The first kappa shape index (κ1) is 22.5. The van der Waals surface area contributed by atoms with Gasteiger partial charge in [0.05, 0.1) is 12.1 Å². The van der Waals surface area contributed by atoms with Gasteiger partial charge in [0.25, 0.3) is 10.2 Å². The molecular formula is C17H23F3N6O3S. The van der Waals surface area contributed by atoms with Crippen molar-refractivity contribution in [1.82, 2.24) is 19.0 Å². The predicted molar refractivity (Wildman–Crippen MR) is 106 cm³/mol. The van der Waals surface area contributed by atoms with Crippen molar-refractivity contribution in [2.75, 3.05) is 43.4 Å². The topological polar surface area (TPSA) is 119 Å². The van der Waals surface area contributed by atoms with Gasteiger partial charge in [-0.05, 0) is 25.0 Å². The average Bonchev–Trinajstić information content (AvgIpc) is 2.70. The zero-order valence-electron chi connectivity index (χ0n) is 16.0. The number of hydrogen-bond donors (Lipinski definition) is 4. The second-order valence-electron chi connectivity index (χ2n) is 6.82. The standard InChI is InChI=1S/C17H23F3N6O3S/c18-17(19,20)11-22-30(28,29)26-8-5-12(6-9-26)23-16-24-14-4-2-1-3-13(14)15(25-16)21-7-10-27/h1-4,12,22,27H,5-11H2,(H2,21,23,24,25). The number of aliphatic hydroxyl groups is 1. The minimum Gasteiger partial charge on any atom is -0.395 e. The van der Waals surface area contributed by atoms with Gasteiger partial charge in [-0.15, -0.1) is 0 Å². The first-order chi connectivity index (χ1) is 14.2. The van der Waals surface area contributed by atoms with Crippen LogP contribution in [0.1, 0.15) is 12.8 Å². The number of aliphatic hydroxyl groups excluding tert-OH is 1. The Morgan fingerprint density at radius 3 is 2.53 bits per heavy atom. The van der Waals surface area contributed by atoms with Crippen LogP contribution in [0.25, 0.3) is 10.9 Å². The van der Waals surface area contributed by atoms with Gasteiger partial charge in [0.1, 0.15) is 12.4 Å². The number of fused-ring (bicyclic) bond motifs is 1. The van der Waals surface area contributed by atoms with Gasteiger partial charge in [0.15, 0.2) is 0 Å². The van der Waals surface area contributed by atoms with Gasteiger partial charge in [-0.3, -0.25) is 0 Å². The molecule has 3 rings (SSSR count). The van der Waals surface area contributed by atoms with Crippen LogP contribution in [0.2, 0.25) is 0 Å². The van der Waals surface area contributed by atoms with E-state index < -0.39 is 22.9 Å². The summed E-state index contributed by atoms with van der Waals surface area (Å²) in [4.78, 5) is 8.91. The number of hydrogen-bond acceptors (Lipinski definition) is 7. The van der Waals surface area contributed by atoms with Crippen LogP contribution < -0.4 is 15.4 Å². The lowest BCUT2D eigenvalue weighted by Crippen LogP contribution is -2.49. The normalized spacial score (nSPS) is 16.7. The molecule has 1 aromatic carbocycles. The predicted octanol–water partition coefficient (Wildman–Crippen LogP) is 1.31. The Morgan fingerprint density at radius 2 is 1.87 bits per heavy atom. The lowest BCUT2D eigenvalue weighted by atomic mass is 10.1. The molecule has 1 aliphatic rings. The molecule has 1 saturated heterocycles. The summed E-state index contributed by atoms with van der Waals surface area (Å²) in [5.74, 6) is 0.916. The maximum absolute atomic E-state index is 12.3. The van der Waals surface area contributed by atoms with Crippen LogP contribution in [-0.4, -0.2) is 72.8 Å². The van der Waals surface area contributed by atoms with Crippen molar-refractivity contribution < 1.29 is 26.7 Å². The second-order valence-corrected chi connectivity index (χ2v) is 8.58. The van der Waals surface area contributed by atoms with E-state index in [2.05, 4.69) is 20.6 Å². The van der Waals surface area contributed by atoms with Crippen molar-refractivity contribution >= 4 is 32.9 Å². The largest absolute Gasteiger partial charge is 0.402 e. The van der Waals surface area contributed by atoms with Crippen molar-refractivity contribution in [2.45, 2.75) is 25.1 Å². The molecule has 2 heterocycles. The quantitative estimate of drug-likeness (QED) is 0.481. The lowest BCUT2D eigenvalue weighted by Gasteiger charge is -2.31. The van der Waals surface area contributed by atoms with Gasteiger partial charge in [0, 0.05) is 31.1 Å². The molecule has 0 radical (unpaired) electrons. The van der Waals surface area contributed by atoms with Crippen LogP contribution in [0.4, 0.5) is 24.9 Å². The Labute approximate surface area is 171 Å². The fourth-order valence-electron chi connectivity index (χ4n) is 3.14. The summed E-state index contributed by atoms with van der Waals surface area (Å²) in [5, 5.41) is 16.1. The average molecular weight is 448 g/mol. The Bertz CT molecular complexity index is 965. The number of nitrogens with one attached hydrogen (secondary N) is 3. The van der Waals surface area contributed by atoms with Gasteiger partial charge in [-0.2, -0.15) is 35.6 Å². The van der Waals surface area contributed by atoms with Crippen molar-refractivity contribution in [2.24, 2.45) is 0 Å². The number of benzene rings is 1. The molecular weight excluding hydrogens is 425 g/mol. The second kappa shape index (κ2) is 9.29. The molecule has 0 aliphatic carbocycles. The van der Waals surface area contributed by atoms with E-state index in [-0.39, 0.29) is 25.7 Å². The molecule has 13 heteroatoms. The maximum atomic E-state index is 12.3. The van der Waals surface area contributed by atoms with E-state index in [4.69, 9.17) is 5.11 Å². The first-order valence-electron chi connectivity index (χ1n) is 9.37. The van der Waals surface area contributed by atoms with E-state index in [0.29, 0.717) is 36.7 Å². The highest BCUT2D eigenvalue weighted by molar-refractivity contribution is 7.87. The third-order valence-corrected chi connectivity index (χ3v) is 6.14. The van der Waals surface area contributed by atoms with Crippen LogP contribution in [0.5, 0.6) is 0 Å². The zero-order chi connectivity index (χ0) is 21.8. The molecule has 1 aliphatic heterocycles. The minimum atomic E-state index is -4.61. The van der Waals surface area contributed by atoms with Crippen molar-refractivity contribution in [3.05, 3.63) is 24.3 Å². The molecule has 1 aromatic heterocycles. The van der Waals surface area contributed by atoms with Gasteiger partial charge < -0.3 is 15.7 Å². The van der Waals surface area contributed by atoms with Crippen LogP contribution in [-0.2, 0) is 10.2 Å². The van der Waals surface area contributed by atoms with E-state index >= 15 is 0 Å². The molecule has 0 bridgehead atoms. The Balaban J connectivity index is 1.64. The van der Waals surface area contributed by atoms with Crippen molar-refractivity contribution in [3.63, 3.8) is 0 Å². The smallest absolute Gasteiger partial charge is 0.395 e. The minimum absolute atomic E-state index is 0.0591. The summed E-state index contributed by atoms with van der Waals surface area (Å²) < 4.78 is 63.5. The van der Waals surface area contributed by atoms with Gasteiger partial charge >= 0.3 is 6.18 Å². The molecule has 9 nitrogen and oxygen atoms in total. The monoisotopic (exact) mass is 448 g/mol. The lowest BCUT2D eigenvalue weighted by molar-refractivity contribution is -0.121. The van der Waals surface area contributed by atoms with Crippen LogP contribution in [0.3, 0.4) is 0 Å². The number of rotatable bonds is 8. The summed E-state index contributed by atoms with van der Waals surface area (Å²) in [6.45, 7) is -1.18. The molecule has 1 fully saturated rings. The number of piperidine rings is 1. The molecule has 166 valence electrons. The van der Waals surface area contributed by atoms with Gasteiger partial charge in [-0.1, -0.05) is 12.1 Å². The summed E-state index contributed by atoms with van der Waals surface area (Å²) >= 11 is 0. The van der Waals surface area contributed by atoms with Crippen LogP contribution in [0, 0.1) is 0 Å². The van der Waals surface area contributed by atoms with Gasteiger partial charge in [-0.25, -0.2) is 4.98 Å². The molecule has 30 heavy (non-hydrogen) atoms. The molecule has 2 aromatic rings. The van der Waals surface area contributed by atoms with E-state index in [9.17, 15) is 21.6 Å². The van der Waals surface area contributed by atoms with Crippen LogP contribution in [0.15, 0.2) is 24.3 Å². The molecule has 0 unspecified atom stereocenters.